The number of hydrogen-bond acceptors (Lipinski definition) is 4. The number of carbonyl (C=O) groups excluding carboxylic acids is 1. The number of aryl methyl sites for hydroxylation is 1. The quantitative estimate of drug-likeness (QED) is 0.583. The molecule has 2 atom stereocenters. The number of esters is 1. The molecule has 0 spiro atoms. The van der Waals surface area contributed by atoms with Gasteiger partial charge in [0.05, 0.1) is 7.11 Å². The molecule has 0 N–H and O–H groups in total. The average molecular weight is 352 g/mol. The molecular formula is C22H24O4. The Balaban J connectivity index is 1.56. The number of hydrogen-bond donors (Lipinski definition) is 0. The van der Waals surface area contributed by atoms with Crippen LogP contribution < -0.4 is 4.74 Å². The minimum Gasteiger partial charge on any atom is -0.497 e. The van der Waals surface area contributed by atoms with E-state index in [1.807, 2.05) is 18.2 Å². The zero-order valence-electron chi connectivity index (χ0n) is 15.2. The number of epoxide rings is 1. The molecule has 0 bridgehead atoms. The Morgan fingerprint density at radius 3 is 2.50 bits per heavy atom. The summed E-state index contributed by atoms with van der Waals surface area (Å²) >= 11 is 0. The minimum atomic E-state index is -0.492. The number of carbonyl (C=O) groups is 1. The molecule has 1 aliphatic heterocycles. The highest BCUT2D eigenvalue weighted by molar-refractivity contribution is 5.80. The Bertz CT molecular complexity index is 790. The van der Waals surface area contributed by atoms with Crippen LogP contribution in [-0.4, -0.2) is 25.3 Å². The molecule has 1 aliphatic carbocycles. The standard InChI is InChI=1S/C22H24O4/c1-14-7-9-15(10-8-14)19-13-17(24-2)11-12-18(19)20-21(26-20)22(23)25-16-5-3-4-6-16/h7-13,16,20-21H,3-6H2,1-2H3. The van der Waals surface area contributed by atoms with Crippen molar-refractivity contribution < 1.29 is 19.0 Å². The number of rotatable bonds is 5. The van der Waals surface area contributed by atoms with E-state index in [0.29, 0.717) is 0 Å². The third-order valence-electron chi connectivity index (χ3n) is 5.24. The summed E-state index contributed by atoms with van der Waals surface area (Å²) in [6, 6.07) is 14.2. The van der Waals surface area contributed by atoms with Gasteiger partial charge in [0.15, 0.2) is 6.10 Å². The van der Waals surface area contributed by atoms with E-state index >= 15 is 0 Å². The van der Waals surface area contributed by atoms with Gasteiger partial charge < -0.3 is 14.2 Å². The van der Waals surface area contributed by atoms with E-state index in [1.165, 1.54) is 5.56 Å². The van der Waals surface area contributed by atoms with Crippen molar-refractivity contribution in [1.82, 2.24) is 0 Å². The fourth-order valence-electron chi connectivity index (χ4n) is 3.66. The van der Waals surface area contributed by atoms with Gasteiger partial charge in [0.25, 0.3) is 0 Å². The van der Waals surface area contributed by atoms with E-state index in [-0.39, 0.29) is 18.2 Å². The largest absolute Gasteiger partial charge is 0.497 e. The normalized spacial score (nSPS) is 22.2. The molecule has 2 aromatic rings. The maximum atomic E-state index is 12.4. The molecule has 4 rings (SSSR count). The first-order valence-electron chi connectivity index (χ1n) is 9.26. The summed E-state index contributed by atoms with van der Waals surface area (Å²) in [5, 5.41) is 0. The molecule has 4 heteroatoms. The lowest BCUT2D eigenvalue weighted by atomic mass is 9.95. The minimum absolute atomic E-state index is 0.0692. The topological polar surface area (TPSA) is 48.1 Å². The molecule has 4 nitrogen and oxygen atoms in total. The molecule has 2 fully saturated rings. The predicted molar refractivity (Wildman–Crippen MR) is 99.1 cm³/mol. The van der Waals surface area contributed by atoms with Gasteiger partial charge in [0, 0.05) is 0 Å². The summed E-state index contributed by atoms with van der Waals surface area (Å²) in [7, 11) is 1.66. The Morgan fingerprint density at radius 2 is 1.81 bits per heavy atom. The molecule has 2 unspecified atom stereocenters. The maximum absolute atomic E-state index is 12.4. The molecule has 136 valence electrons. The third-order valence-corrected chi connectivity index (χ3v) is 5.24. The summed E-state index contributed by atoms with van der Waals surface area (Å²) in [6.45, 7) is 2.06. The molecule has 0 aromatic heterocycles. The van der Waals surface area contributed by atoms with Gasteiger partial charge in [-0.15, -0.1) is 0 Å². The molecular weight excluding hydrogens is 328 g/mol. The second-order valence-corrected chi connectivity index (χ2v) is 7.14. The molecule has 0 amide bonds. The lowest BCUT2D eigenvalue weighted by molar-refractivity contribution is -0.150. The highest BCUT2D eigenvalue weighted by Crippen LogP contribution is 2.45. The second-order valence-electron chi connectivity index (χ2n) is 7.14. The highest BCUT2D eigenvalue weighted by atomic mass is 16.6. The van der Waals surface area contributed by atoms with Crippen LogP contribution in [0.3, 0.4) is 0 Å². The van der Waals surface area contributed by atoms with Crippen LogP contribution in [-0.2, 0) is 14.3 Å². The van der Waals surface area contributed by atoms with Crippen LogP contribution in [0.2, 0.25) is 0 Å². The van der Waals surface area contributed by atoms with Crippen molar-refractivity contribution in [2.45, 2.75) is 50.9 Å². The van der Waals surface area contributed by atoms with Crippen LogP contribution in [0.15, 0.2) is 42.5 Å². The van der Waals surface area contributed by atoms with Crippen molar-refractivity contribution in [2.75, 3.05) is 7.11 Å². The van der Waals surface area contributed by atoms with Crippen molar-refractivity contribution in [3.63, 3.8) is 0 Å². The van der Waals surface area contributed by atoms with Crippen LogP contribution in [0.25, 0.3) is 11.1 Å². The lowest BCUT2D eigenvalue weighted by Gasteiger charge is -2.12. The molecule has 2 aliphatic rings. The van der Waals surface area contributed by atoms with Crippen LogP contribution in [0.1, 0.15) is 42.9 Å². The van der Waals surface area contributed by atoms with Gasteiger partial charge in [-0.25, -0.2) is 4.79 Å². The summed E-state index contributed by atoms with van der Waals surface area (Å²) in [6.07, 6.45) is 3.56. The first-order chi connectivity index (χ1) is 12.7. The van der Waals surface area contributed by atoms with E-state index in [2.05, 4.69) is 31.2 Å². The summed E-state index contributed by atoms with van der Waals surface area (Å²) in [5.41, 5.74) is 4.33. The maximum Gasteiger partial charge on any atom is 0.338 e. The summed E-state index contributed by atoms with van der Waals surface area (Å²) in [4.78, 5) is 12.4. The van der Waals surface area contributed by atoms with Gasteiger partial charge in [-0.3, -0.25) is 0 Å². The highest BCUT2D eigenvalue weighted by Gasteiger charge is 2.49. The first-order valence-corrected chi connectivity index (χ1v) is 9.26. The molecule has 1 saturated carbocycles. The van der Waals surface area contributed by atoms with Crippen molar-refractivity contribution in [2.24, 2.45) is 0 Å². The number of methoxy groups -OCH3 is 1. The number of benzene rings is 2. The van der Waals surface area contributed by atoms with Gasteiger partial charge in [0.1, 0.15) is 18.0 Å². The van der Waals surface area contributed by atoms with E-state index in [0.717, 1.165) is 48.1 Å². The van der Waals surface area contributed by atoms with Crippen molar-refractivity contribution in [3.8, 4) is 16.9 Å². The zero-order chi connectivity index (χ0) is 18.1. The SMILES string of the molecule is COc1ccc(C2OC2C(=O)OC2CCCC2)c(-c2ccc(C)cc2)c1. The third kappa shape index (κ3) is 3.47. The lowest BCUT2D eigenvalue weighted by Crippen LogP contribution is -2.19. The van der Waals surface area contributed by atoms with Gasteiger partial charge in [-0.2, -0.15) is 0 Å². The smallest absolute Gasteiger partial charge is 0.338 e. The van der Waals surface area contributed by atoms with Gasteiger partial charge in [0.2, 0.25) is 0 Å². The molecule has 1 saturated heterocycles. The van der Waals surface area contributed by atoms with E-state index < -0.39 is 6.10 Å². The van der Waals surface area contributed by atoms with Crippen molar-refractivity contribution in [3.05, 3.63) is 53.6 Å². The van der Waals surface area contributed by atoms with Gasteiger partial charge in [-0.1, -0.05) is 35.9 Å². The van der Waals surface area contributed by atoms with E-state index in [1.54, 1.807) is 7.11 Å². The molecule has 26 heavy (non-hydrogen) atoms. The Kier molecular flexibility index (Phi) is 4.68. The van der Waals surface area contributed by atoms with Gasteiger partial charge >= 0.3 is 5.97 Å². The van der Waals surface area contributed by atoms with Crippen LogP contribution >= 0.6 is 0 Å². The van der Waals surface area contributed by atoms with Crippen LogP contribution in [0, 0.1) is 6.92 Å². The predicted octanol–water partition coefficient (Wildman–Crippen LogP) is 4.60. The Hall–Kier alpha value is -2.33. The van der Waals surface area contributed by atoms with E-state index in [4.69, 9.17) is 14.2 Å². The Labute approximate surface area is 154 Å². The first kappa shape index (κ1) is 17.1. The van der Waals surface area contributed by atoms with Crippen molar-refractivity contribution >= 4 is 5.97 Å². The summed E-state index contributed by atoms with van der Waals surface area (Å²) in [5.74, 6) is 0.558. The Morgan fingerprint density at radius 1 is 1.08 bits per heavy atom. The van der Waals surface area contributed by atoms with E-state index in [9.17, 15) is 4.79 Å². The monoisotopic (exact) mass is 352 g/mol. The summed E-state index contributed by atoms with van der Waals surface area (Å²) < 4.78 is 16.7. The second kappa shape index (κ2) is 7.12. The van der Waals surface area contributed by atoms with Gasteiger partial charge in [-0.05, 0) is 61.4 Å². The van der Waals surface area contributed by atoms with Crippen LogP contribution in [0.5, 0.6) is 5.75 Å². The molecule has 0 radical (unpaired) electrons. The van der Waals surface area contributed by atoms with Crippen LogP contribution in [0.4, 0.5) is 0 Å². The zero-order valence-corrected chi connectivity index (χ0v) is 15.2. The average Bonchev–Trinajstić information content (AvgIpc) is 3.30. The molecule has 1 heterocycles. The number of ether oxygens (including phenoxy) is 3. The fourth-order valence-corrected chi connectivity index (χ4v) is 3.66. The van der Waals surface area contributed by atoms with Crippen molar-refractivity contribution in [1.29, 1.82) is 0 Å². The fraction of sp³-hybridized carbons (Fsp3) is 0.409. The molecule has 2 aromatic carbocycles.